The fourth-order valence-corrected chi connectivity index (χ4v) is 2.27. The summed E-state index contributed by atoms with van der Waals surface area (Å²) in [5.41, 5.74) is 6.66. The molecule has 0 heterocycles. The molecule has 0 bridgehead atoms. The number of ether oxygens (including phenoxy) is 1. The highest BCUT2D eigenvalue weighted by Crippen LogP contribution is 2.19. The molecule has 2 atom stereocenters. The quantitative estimate of drug-likeness (QED) is 0.862. The van der Waals surface area contributed by atoms with Crippen LogP contribution < -0.4 is 5.73 Å². The molecule has 0 aliphatic heterocycles. The maximum absolute atomic E-state index is 13.6. The van der Waals surface area contributed by atoms with Crippen LogP contribution >= 0.6 is 11.6 Å². The molecule has 2 N–H and O–H groups in total. The molecule has 4 heteroatoms. The monoisotopic (exact) mass is 273 g/mol. The van der Waals surface area contributed by atoms with Crippen molar-refractivity contribution in [1.82, 2.24) is 0 Å². The van der Waals surface area contributed by atoms with Gasteiger partial charge in [0.2, 0.25) is 0 Å². The molecule has 0 aliphatic carbocycles. The third-order valence-electron chi connectivity index (χ3n) is 2.90. The normalized spacial score (nSPS) is 14.8. The fraction of sp³-hybridized carbons (Fsp3) is 0.571. The first-order valence-electron chi connectivity index (χ1n) is 6.26. The summed E-state index contributed by atoms with van der Waals surface area (Å²) in [5.74, 6) is 0.0241. The summed E-state index contributed by atoms with van der Waals surface area (Å²) >= 11 is 5.86. The number of benzene rings is 1. The summed E-state index contributed by atoms with van der Waals surface area (Å²) in [6.45, 7) is 6.64. The molecule has 1 aromatic rings. The fourth-order valence-electron chi connectivity index (χ4n) is 2.07. The molecule has 0 saturated carbocycles. The van der Waals surface area contributed by atoms with Gasteiger partial charge in [0, 0.05) is 17.7 Å². The highest BCUT2D eigenvalue weighted by molar-refractivity contribution is 6.30. The van der Waals surface area contributed by atoms with Gasteiger partial charge in [0.25, 0.3) is 0 Å². The zero-order valence-electron chi connectivity index (χ0n) is 11.1. The summed E-state index contributed by atoms with van der Waals surface area (Å²) in [7, 11) is 0. The summed E-state index contributed by atoms with van der Waals surface area (Å²) in [6, 6.07) is 4.29. The van der Waals surface area contributed by atoms with E-state index in [0.717, 1.165) is 0 Å². The van der Waals surface area contributed by atoms with Crippen molar-refractivity contribution < 1.29 is 9.13 Å². The lowest BCUT2D eigenvalue weighted by atomic mass is 9.94. The second-order valence-corrected chi connectivity index (χ2v) is 5.20. The van der Waals surface area contributed by atoms with E-state index in [4.69, 9.17) is 22.1 Å². The molecule has 102 valence electrons. The first-order chi connectivity index (χ1) is 8.45. The van der Waals surface area contributed by atoms with Gasteiger partial charge in [-0.15, -0.1) is 0 Å². The van der Waals surface area contributed by atoms with Crippen molar-refractivity contribution in [2.24, 2.45) is 11.7 Å². The molecule has 0 aromatic heterocycles. The van der Waals surface area contributed by atoms with Gasteiger partial charge >= 0.3 is 0 Å². The Bertz CT molecular complexity index is 384. The van der Waals surface area contributed by atoms with E-state index in [9.17, 15) is 4.39 Å². The van der Waals surface area contributed by atoms with Crippen molar-refractivity contribution >= 4 is 11.6 Å². The first-order valence-corrected chi connectivity index (χ1v) is 6.64. The van der Waals surface area contributed by atoms with E-state index in [1.54, 1.807) is 6.07 Å². The van der Waals surface area contributed by atoms with E-state index in [1.165, 1.54) is 12.1 Å². The molecule has 18 heavy (non-hydrogen) atoms. The zero-order valence-corrected chi connectivity index (χ0v) is 11.9. The van der Waals surface area contributed by atoms with Crippen molar-refractivity contribution in [3.8, 4) is 0 Å². The molecule has 0 aliphatic rings. The van der Waals surface area contributed by atoms with Gasteiger partial charge in [-0.25, -0.2) is 4.39 Å². The smallest absolute Gasteiger partial charge is 0.126 e. The van der Waals surface area contributed by atoms with Gasteiger partial charge in [-0.3, -0.25) is 0 Å². The van der Waals surface area contributed by atoms with Crippen LogP contribution in [0.4, 0.5) is 4.39 Å². The lowest BCUT2D eigenvalue weighted by molar-refractivity contribution is 0.0126. The molecule has 1 rings (SSSR count). The molecule has 0 spiro atoms. The van der Waals surface area contributed by atoms with Crippen LogP contribution in [-0.4, -0.2) is 18.8 Å². The van der Waals surface area contributed by atoms with Crippen LogP contribution in [0.3, 0.4) is 0 Å². The third kappa shape index (κ3) is 4.23. The van der Waals surface area contributed by atoms with Crippen LogP contribution in [0.15, 0.2) is 18.2 Å². The Morgan fingerprint density at radius 3 is 2.61 bits per heavy atom. The lowest BCUT2D eigenvalue weighted by Gasteiger charge is -2.27. The predicted molar refractivity (Wildman–Crippen MR) is 73.3 cm³/mol. The Morgan fingerprint density at radius 2 is 2.06 bits per heavy atom. The summed E-state index contributed by atoms with van der Waals surface area (Å²) in [5, 5.41) is 0.524. The molecular formula is C14H21ClFNO. The second kappa shape index (κ2) is 7.07. The molecule has 0 radical (unpaired) electrons. The van der Waals surface area contributed by atoms with Gasteiger partial charge in [-0.1, -0.05) is 25.4 Å². The van der Waals surface area contributed by atoms with Crippen molar-refractivity contribution in [2.45, 2.75) is 39.3 Å². The number of hydrogen-bond donors (Lipinski definition) is 1. The highest BCUT2D eigenvalue weighted by Gasteiger charge is 2.23. The van der Waals surface area contributed by atoms with E-state index in [-0.39, 0.29) is 18.0 Å². The summed E-state index contributed by atoms with van der Waals surface area (Å²) < 4.78 is 19.3. The van der Waals surface area contributed by atoms with Gasteiger partial charge < -0.3 is 10.5 Å². The van der Waals surface area contributed by atoms with Crippen LogP contribution in [0.2, 0.25) is 5.02 Å². The largest absolute Gasteiger partial charge is 0.377 e. The van der Waals surface area contributed by atoms with Gasteiger partial charge in [0.05, 0.1) is 6.10 Å². The number of nitrogens with two attached hydrogens (primary N) is 1. The van der Waals surface area contributed by atoms with Gasteiger partial charge in [-0.05, 0) is 43.0 Å². The molecule has 1 aromatic carbocycles. The van der Waals surface area contributed by atoms with Crippen molar-refractivity contribution in [1.29, 1.82) is 0 Å². The predicted octanol–water partition coefficient (Wildman–Crippen LogP) is 3.41. The van der Waals surface area contributed by atoms with E-state index in [2.05, 4.69) is 13.8 Å². The highest BCUT2D eigenvalue weighted by atomic mass is 35.5. The van der Waals surface area contributed by atoms with Gasteiger partial charge in [0.1, 0.15) is 5.82 Å². The first kappa shape index (κ1) is 15.4. The second-order valence-electron chi connectivity index (χ2n) is 4.77. The summed E-state index contributed by atoms with van der Waals surface area (Å²) in [6.07, 6.45) is 0.350. The molecule has 2 unspecified atom stereocenters. The lowest BCUT2D eigenvalue weighted by Crippen LogP contribution is -2.42. The van der Waals surface area contributed by atoms with Crippen LogP contribution in [0.25, 0.3) is 0 Å². The van der Waals surface area contributed by atoms with E-state index < -0.39 is 0 Å². The Kier molecular flexibility index (Phi) is 6.06. The molecular weight excluding hydrogens is 253 g/mol. The maximum Gasteiger partial charge on any atom is 0.126 e. The van der Waals surface area contributed by atoms with Crippen LogP contribution in [0.1, 0.15) is 26.3 Å². The SMILES string of the molecule is CCOC(C(C)C)C(N)Cc1cc(Cl)ccc1F. The number of rotatable bonds is 6. The summed E-state index contributed by atoms with van der Waals surface area (Å²) in [4.78, 5) is 0. The van der Waals surface area contributed by atoms with E-state index in [0.29, 0.717) is 29.5 Å². The maximum atomic E-state index is 13.6. The Hall–Kier alpha value is -0.640. The molecule has 2 nitrogen and oxygen atoms in total. The van der Waals surface area contributed by atoms with Crippen LogP contribution in [0.5, 0.6) is 0 Å². The topological polar surface area (TPSA) is 35.2 Å². The minimum atomic E-state index is -0.270. The van der Waals surface area contributed by atoms with Crippen LogP contribution in [-0.2, 0) is 11.2 Å². The Morgan fingerprint density at radius 1 is 1.39 bits per heavy atom. The van der Waals surface area contributed by atoms with Gasteiger partial charge in [-0.2, -0.15) is 0 Å². The third-order valence-corrected chi connectivity index (χ3v) is 3.14. The molecule has 0 saturated heterocycles. The Labute approximate surface area is 113 Å². The Balaban J connectivity index is 2.78. The van der Waals surface area contributed by atoms with Crippen molar-refractivity contribution in [3.05, 3.63) is 34.6 Å². The number of hydrogen-bond acceptors (Lipinski definition) is 2. The standard InChI is InChI=1S/C14H21ClFNO/c1-4-18-14(9(2)3)13(17)8-10-7-11(15)5-6-12(10)16/h5-7,9,13-14H,4,8,17H2,1-3H3. The van der Waals surface area contributed by atoms with Crippen molar-refractivity contribution in [3.63, 3.8) is 0 Å². The van der Waals surface area contributed by atoms with Crippen molar-refractivity contribution in [2.75, 3.05) is 6.61 Å². The van der Waals surface area contributed by atoms with E-state index >= 15 is 0 Å². The van der Waals surface area contributed by atoms with Gasteiger partial charge in [0.15, 0.2) is 0 Å². The zero-order chi connectivity index (χ0) is 13.7. The van der Waals surface area contributed by atoms with Crippen LogP contribution in [0, 0.1) is 11.7 Å². The van der Waals surface area contributed by atoms with E-state index in [1.807, 2.05) is 6.92 Å². The average molecular weight is 274 g/mol. The number of halogens is 2. The average Bonchev–Trinajstić information content (AvgIpc) is 2.30. The minimum Gasteiger partial charge on any atom is -0.377 e. The molecule has 0 fully saturated rings. The molecule has 0 amide bonds. The minimum absolute atomic E-state index is 0.0756.